The number of phosphoric ester groups is 9. The van der Waals surface area contributed by atoms with E-state index in [2.05, 4.69) is 51.9 Å². The number of unbranched alkanes of at least 4 members (excludes halogenated alkanes) is 16. The summed E-state index contributed by atoms with van der Waals surface area (Å²) in [7, 11) is -36.9. The largest absolute Gasteiger partial charge is 0.533 e. The summed E-state index contributed by atoms with van der Waals surface area (Å²) in [6, 6.07) is 6.52. The van der Waals surface area contributed by atoms with Gasteiger partial charge in [0, 0.05) is 16.5 Å². The minimum absolute atomic E-state index is 0. The first kappa shape index (κ1) is 113. The fourth-order valence-corrected chi connectivity index (χ4v) is 9.38. The molecule has 0 heterocycles. The van der Waals surface area contributed by atoms with Gasteiger partial charge in [-0.05, 0) is 72.4 Å². The molecule has 1 atom stereocenters. The van der Waals surface area contributed by atoms with E-state index in [1.54, 1.807) is 52.8 Å². The summed E-state index contributed by atoms with van der Waals surface area (Å²) < 4.78 is 139. The van der Waals surface area contributed by atoms with Gasteiger partial charge < -0.3 is 84.3 Å². The Morgan fingerprint density at radius 2 is 0.806 bits per heavy atom. The standard InChI is InChI=1S/C20H43O4P.C8H19O4P.C6H7O4P.C4H11O4P.C3H8NO6P.C3H9O4P.C2H8NO4P.C2H3O4P.CH5O4P.2H2/c1-3-5-7-9-11-13-15-17-19-23-25(21,22)24-20-18-16-14-12-10-8-6-4-2;1-3-5-7-11-13(9,10)12-8-6-4-2;7-11(8,9)10-6-4-2-1-3-5-6;1-4(2,3)8-9(5,6)7;4-2(3(5)6)1-10-11(7,8)9;1-3(2)7-8(4,5)6;3-1-2-7-8(4,5)6;1-2-6-7(3,4)5;1-5-6(2,3)4;;/h3-20H2,1-2H3,(H,21,22);3-8H2,1-2H3,(H,9,10);1-5H,(H2,7,8,9);1-3H3,(H2,5,6,7);2H,1,4H2,(H,5,6)(H2,7,8,9);3H,1-2H3,(H2,4,5,6);1-3H2,(H2,4,5,6);1H,(H2,3,4,5);1H3,(H2,2,3,4);2*1H. The van der Waals surface area contributed by atoms with Crippen molar-refractivity contribution in [2.45, 2.75) is 208 Å². The van der Waals surface area contributed by atoms with E-state index >= 15 is 0 Å². The number of rotatable bonds is 42. The fourth-order valence-electron chi connectivity index (χ4n) is 5.29. The third-order valence-corrected chi connectivity index (χ3v) is 15.0. The molecule has 0 aliphatic rings. The highest BCUT2D eigenvalue weighted by Gasteiger charge is 2.25. The molecule has 0 amide bonds. The number of terminal acetylenes is 1. The van der Waals surface area contributed by atoms with Crippen LogP contribution in [0.1, 0.15) is 194 Å². The van der Waals surface area contributed by atoms with E-state index in [4.69, 9.17) is 108 Å². The topological polar surface area (TPSA) is 668 Å². The van der Waals surface area contributed by atoms with Crippen LogP contribution in [-0.4, -0.2) is 160 Å². The van der Waals surface area contributed by atoms with Gasteiger partial charge in [-0.1, -0.05) is 155 Å². The Hall–Kier alpha value is -1.16. The number of aliphatic carboxylic acids is 1. The average Bonchev–Trinajstić information content (AvgIpc) is 0.936. The molecule has 0 aliphatic heterocycles. The lowest BCUT2D eigenvalue weighted by molar-refractivity contribution is -0.139. The molecule has 0 radical (unpaired) electrons. The zero-order valence-electron chi connectivity index (χ0n) is 57.1. The number of carbonyl (C=O) groups is 1. The average molecular weight is 1620 g/mol. The Balaban J connectivity index is -0.000000118. The van der Waals surface area contributed by atoms with Crippen LogP contribution in [0.4, 0.5) is 0 Å². The summed E-state index contributed by atoms with van der Waals surface area (Å²) in [6.07, 6.45) is 27.8. The molecule has 21 N–H and O–H groups in total. The number of benzene rings is 1. The molecule has 1 unspecified atom stereocenters. The van der Waals surface area contributed by atoms with Gasteiger partial charge in [-0.25, -0.2) is 41.1 Å². The lowest BCUT2D eigenvalue weighted by atomic mass is 10.1. The molecule has 0 bridgehead atoms. The van der Waals surface area contributed by atoms with Crippen molar-refractivity contribution in [3.63, 3.8) is 0 Å². The first-order valence-corrected chi connectivity index (χ1v) is 43.6. The number of hydrogen-bond donors (Lipinski definition) is 19. The molecule has 98 heavy (non-hydrogen) atoms. The van der Waals surface area contributed by atoms with E-state index in [9.17, 15) is 50.8 Å². The molecule has 0 aliphatic carbocycles. The van der Waals surface area contributed by atoms with Crippen molar-refractivity contribution in [2.75, 3.05) is 53.3 Å². The summed E-state index contributed by atoms with van der Waals surface area (Å²) in [5.41, 5.74) is 8.94. The molecule has 1 aromatic carbocycles. The van der Waals surface area contributed by atoms with Crippen LogP contribution in [0.25, 0.3) is 0 Å². The molecule has 1 aromatic rings. The van der Waals surface area contributed by atoms with Crippen LogP contribution in [0.3, 0.4) is 0 Å². The van der Waals surface area contributed by atoms with Crippen LogP contribution >= 0.6 is 70.4 Å². The van der Waals surface area contributed by atoms with E-state index in [1.807, 2.05) is 13.8 Å². The second kappa shape index (κ2) is 65.4. The smallest absolute Gasteiger partial charge is 0.480 e. The summed E-state index contributed by atoms with van der Waals surface area (Å²) >= 11 is 0. The van der Waals surface area contributed by atoms with Crippen LogP contribution in [0, 0.1) is 12.5 Å². The number of phosphoric acid groups is 9. The highest BCUT2D eigenvalue weighted by atomic mass is 31.2. The monoisotopic (exact) mass is 1620 g/mol. The maximum absolute atomic E-state index is 11.7. The van der Waals surface area contributed by atoms with E-state index in [1.165, 1.54) is 95.3 Å². The molecule has 1 rings (SSSR count). The Labute approximate surface area is 578 Å². The van der Waals surface area contributed by atoms with E-state index in [-0.39, 0.29) is 35.0 Å². The van der Waals surface area contributed by atoms with Gasteiger partial charge in [-0.3, -0.25) is 65.1 Å². The second-order valence-corrected chi connectivity index (χ2v) is 31.8. The van der Waals surface area contributed by atoms with Gasteiger partial charge in [0.1, 0.15) is 17.9 Å². The number of carboxylic acids is 1. The molecule has 40 nitrogen and oxygen atoms in total. The Morgan fingerprint density at radius 3 is 1.00 bits per heavy atom. The van der Waals surface area contributed by atoms with Crippen molar-refractivity contribution in [2.24, 2.45) is 11.5 Å². The zero-order chi connectivity index (χ0) is 78.4. The molecule has 0 saturated carbocycles. The van der Waals surface area contributed by atoms with E-state index < -0.39 is 101 Å². The molecule has 0 fully saturated rings. The lowest BCUT2D eigenvalue weighted by Crippen LogP contribution is -2.34. The van der Waals surface area contributed by atoms with Crippen LogP contribution in [0.2, 0.25) is 0 Å². The third-order valence-electron chi connectivity index (χ3n) is 9.24. The Morgan fingerprint density at radius 1 is 0.480 bits per heavy atom. The van der Waals surface area contributed by atoms with Crippen LogP contribution in [-0.2, 0) is 91.1 Å². The van der Waals surface area contributed by atoms with Crippen molar-refractivity contribution in [1.29, 1.82) is 0 Å². The number of para-hydroxylation sites is 1. The maximum atomic E-state index is 11.7. The van der Waals surface area contributed by atoms with Gasteiger partial charge in [-0.2, -0.15) is 0 Å². The summed E-state index contributed by atoms with van der Waals surface area (Å²) in [6.45, 7) is 16.8. The van der Waals surface area contributed by atoms with E-state index in [0.717, 1.165) is 58.5 Å². The van der Waals surface area contributed by atoms with Gasteiger partial charge in [0.25, 0.3) is 0 Å². The minimum Gasteiger partial charge on any atom is -0.480 e. The first-order chi connectivity index (χ1) is 44.5. The molecular weight excluding hydrogens is 1500 g/mol. The Kier molecular flexibility index (Phi) is 75.2. The predicted octanol–water partition coefficient (Wildman–Crippen LogP) is 10.1. The number of hydrogen-bond acceptors (Lipinski definition) is 23. The molecular formula is C49H117N2O38P9. The molecule has 0 spiro atoms. The normalized spacial score (nSPS) is 12.2. The van der Waals surface area contributed by atoms with Crippen molar-refractivity contribution in [3.05, 3.63) is 30.3 Å². The Bertz CT molecular complexity index is 2500. The van der Waals surface area contributed by atoms with Gasteiger partial charge in [-0.15, -0.1) is 0 Å². The summed E-state index contributed by atoms with van der Waals surface area (Å²) in [5.74, 6) is -1.21. The molecule has 596 valence electrons. The molecule has 49 heteroatoms. The first-order valence-electron chi connectivity index (χ1n) is 29.9. The quantitative estimate of drug-likeness (QED) is 0.0164. The van der Waals surface area contributed by atoms with Gasteiger partial charge >= 0.3 is 76.4 Å². The molecule has 0 aromatic heterocycles. The number of nitrogens with two attached hydrogens (primary N) is 2. The van der Waals surface area contributed by atoms with E-state index in [0.29, 0.717) is 13.2 Å². The summed E-state index contributed by atoms with van der Waals surface area (Å²) in [5, 5.41) is 8.12. The van der Waals surface area contributed by atoms with Gasteiger partial charge in [0.05, 0.1) is 51.3 Å². The summed E-state index contributed by atoms with van der Waals surface area (Å²) in [4.78, 5) is 141. The number of carboxylic acid groups (broad SMARTS) is 1. The van der Waals surface area contributed by atoms with Crippen LogP contribution in [0.5, 0.6) is 5.75 Å². The van der Waals surface area contributed by atoms with Crippen molar-refractivity contribution < 1.29 is 182 Å². The highest BCUT2D eigenvalue weighted by molar-refractivity contribution is 7.48. The van der Waals surface area contributed by atoms with Crippen molar-refractivity contribution >= 4 is 76.4 Å². The fraction of sp³-hybridized carbons (Fsp3) is 0.816. The molecule has 0 saturated heterocycles. The SMILES string of the molecule is C#COP(=O)(O)O.CC(C)(C)OP(=O)(O)O.CC(C)OP(=O)(O)O.CCCCCCCCCCOP(=O)(O)OCCCCCCCCCC.CCCCOP(=O)(O)OCCCC.COP(=O)(O)O.NC(COP(=O)(O)O)C(=O)O.NCCOP(=O)(O)O.O=P(O)(O)Oc1ccccc1.[HH].[HH]. The van der Waals surface area contributed by atoms with Crippen molar-refractivity contribution in [3.8, 4) is 18.3 Å². The van der Waals surface area contributed by atoms with Gasteiger partial charge in [0.2, 0.25) is 0 Å². The highest BCUT2D eigenvalue weighted by Crippen LogP contribution is 2.45. The van der Waals surface area contributed by atoms with Gasteiger partial charge in [0.15, 0.2) is 0 Å². The predicted molar refractivity (Wildman–Crippen MR) is 365 cm³/mol. The van der Waals surface area contributed by atoms with Crippen LogP contribution in [0.15, 0.2) is 30.3 Å². The van der Waals surface area contributed by atoms with Crippen molar-refractivity contribution in [1.82, 2.24) is 0 Å². The zero-order valence-corrected chi connectivity index (χ0v) is 65.1. The third kappa shape index (κ3) is 128. The second-order valence-electron chi connectivity index (χ2n) is 20.4. The maximum Gasteiger partial charge on any atom is 0.533 e. The lowest BCUT2D eigenvalue weighted by Gasteiger charge is -2.18. The minimum atomic E-state index is -4.60. The van der Waals surface area contributed by atoms with Crippen LogP contribution < -0.4 is 16.0 Å².